The maximum absolute atomic E-state index is 13.7. The zero-order chi connectivity index (χ0) is 14.2. The molecule has 0 saturated carbocycles. The first-order valence-corrected chi connectivity index (χ1v) is 7.74. The number of halogens is 1. The van der Waals surface area contributed by atoms with E-state index >= 15 is 0 Å². The number of nitrogens with zero attached hydrogens (tertiary/aromatic N) is 2. The number of rotatable bonds is 7. The second kappa shape index (κ2) is 8.22. The Kier molecular flexibility index (Phi) is 6.27. The number of anilines is 1. The fourth-order valence-corrected chi connectivity index (χ4v) is 2.65. The van der Waals surface area contributed by atoms with Gasteiger partial charge in [0.1, 0.15) is 5.82 Å². The van der Waals surface area contributed by atoms with Crippen LogP contribution in [0.1, 0.15) is 19.8 Å². The number of hydrogen-bond donors (Lipinski definition) is 1. The third kappa shape index (κ3) is 4.46. The average molecular weight is 279 g/mol. The van der Waals surface area contributed by atoms with Crippen molar-refractivity contribution in [1.82, 2.24) is 10.2 Å². The number of benzene rings is 1. The van der Waals surface area contributed by atoms with Gasteiger partial charge in [-0.15, -0.1) is 0 Å². The highest BCUT2D eigenvalue weighted by Gasteiger charge is 2.18. The van der Waals surface area contributed by atoms with Crippen LogP contribution in [0.5, 0.6) is 0 Å². The van der Waals surface area contributed by atoms with E-state index in [1.165, 1.54) is 12.8 Å². The molecule has 0 amide bonds. The van der Waals surface area contributed by atoms with Crippen molar-refractivity contribution in [1.29, 1.82) is 0 Å². The minimum Gasteiger partial charge on any atom is -0.367 e. The lowest BCUT2D eigenvalue weighted by Gasteiger charge is -2.36. The number of hydrogen-bond acceptors (Lipinski definition) is 3. The van der Waals surface area contributed by atoms with Gasteiger partial charge >= 0.3 is 0 Å². The van der Waals surface area contributed by atoms with E-state index in [1.54, 1.807) is 12.1 Å². The Hall–Kier alpha value is -1.13. The van der Waals surface area contributed by atoms with Crippen molar-refractivity contribution >= 4 is 5.69 Å². The van der Waals surface area contributed by atoms with Gasteiger partial charge in [-0.2, -0.15) is 0 Å². The number of nitrogens with one attached hydrogen (secondary N) is 1. The molecule has 0 bridgehead atoms. The molecule has 1 aromatic carbocycles. The Morgan fingerprint density at radius 3 is 2.55 bits per heavy atom. The lowest BCUT2D eigenvalue weighted by Crippen LogP contribution is -2.47. The van der Waals surface area contributed by atoms with Crippen LogP contribution in [0.25, 0.3) is 0 Å². The molecule has 0 aromatic heterocycles. The van der Waals surface area contributed by atoms with Gasteiger partial charge in [0.2, 0.25) is 0 Å². The summed E-state index contributed by atoms with van der Waals surface area (Å²) in [6.45, 7) is 9.44. The molecule has 1 saturated heterocycles. The van der Waals surface area contributed by atoms with Crippen LogP contribution in [-0.2, 0) is 0 Å². The van der Waals surface area contributed by atoms with Crippen LogP contribution < -0.4 is 10.2 Å². The zero-order valence-corrected chi connectivity index (χ0v) is 12.4. The van der Waals surface area contributed by atoms with E-state index < -0.39 is 0 Å². The Morgan fingerprint density at radius 1 is 1.10 bits per heavy atom. The smallest absolute Gasteiger partial charge is 0.146 e. The fraction of sp³-hybridized carbons (Fsp3) is 0.625. The molecule has 1 aliphatic heterocycles. The summed E-state index contributed by atoms with van der Waals surface area (Å²) >= 11 is 0. The molecule has 0 aliphatic carbocycles. The van der Waals surface area contributed by atoms with E-state index in [-0.39, 0.29) is 5.82 Å². The monoisotopic (exact) mass is 279 g/mol. The Balaban J connectivity index is 1.69. The SMILES string of the molecule is CCCNCCCN1CCN(c2ccccc2F)CC1. The lowest BCUT2D eigenvalue weighted by molar-refractivity contribution is 0.253. The first-order chi connectivity index (χ1) is 9.81. The van der Waals surface area contributed by atoms with Crippen LogP contribution in [0, 0.1) is 5.82 Å². The van der Waals surface area contributed by atoms with E-state index in [9.17, 15) is 4.39 Å². The van der Waals surface area contributed by atoms with E-state index in [0.717, 1.165) is 51.5 Å². The first-order valence-electron chi connectivity index (χ1n) is 7.74. The summed E-state index contributed by atoms with van der Waals surface area (Å²) in [6.07, 6.45) is 2.39. The summed E-state index contributed by atoms with van der Waals surface area (Å²) in [4.78, 5) is 4.63. The van der Waals surface area contributed by atoms with Crippen molar-refractivity contribution in [3.05, 3.63) is 30.1 Å². The fourth-order valence-electron chi connectivity index (χ4n) is 2.65. The third-order valence-electron chi connectivity index (χ3n) is 3.82. The van der Waals surface area contributed by atoms with E-state index in [2.05, 4.69) is 22.0 Å². The summed E-state index contributed by atoms with van der Waals surface area (Å²) < 4.78 is 13.7. The quantitative estimate of drug-likeness (QED) is 0.773. The third-order valence-corrected chi connectivity index (χ3v) is 3.82. The Bertz CT molecular complexity index is 389. The van der Waals surface area contributed by atoms with Gasteiger partial charge in [-0.25, -0.2) is 4.39 Å². The average Bonchev–Trinajstić information content (AvgIpc) is 2.48. The summed E-state index contributed by atoms with van der Waals surface area (Å²) in [5.41, 5.74) is 0.747. The lowest BCUT2D eigenvalue weighted by atomic mass is 10.2. The van der Waals surface area contributed by atoms with Gasteiger partial charge in [0.05, 0.1) is 5.69 Å². The van der Waals surface area contributed by atoms with Crippen LogP contribution in [0.2, 0.25) is 0 Å². The summed E-state index contributed by atoms with van der Waals surface area (Å²) in [7, 11) is 0. The van der Waals surface area contributed by atoms with Crippen molar-refractivity contribution in [3.63, 3.8) is 0 Å². The Morgan fingerprint density at radius 2 is 1.85 bits per heavy atom. The second-order valence-corrected chi connectivity index (χ2v) is 5.38. The van der Waals surface area contributed by atoms with E-state index in [0.29, 0.717) is 0 Å². The molecule has 1 fully saturated rings. The van der Waals surface area contributed by atoms with Crippen molar-refractivity contribution in [3.8, 4) is 0 Å². The molecule has 1 aromatic rings. The van der Waals surface area contributed by atoms with Gasteiger partial charge in [-0.1, -0.05) is 19.1 Å². The van der Waals surface area contributed by atoms with Crippen LogP contribution in [0.15, 0.2) is 24.3 Å². The molecule has 0 atom stereocenters. The maximum atomic E-state index is 13.7. The van der Waals surface area contributed by atoms with Gasteiger partial charge in [-0.3, -0.25) is 4.90 Å². The van der Waals surface area contributed by atoms with Crippen molar-refractivity contribution in [2.75, 3.05) is 50.7 Å². The van der Waals surface area contributed by atoms with Crippen molar-refractivity contribution in [2.24, 2.45) is 0 Å². The largest absolute Gasteiger partial charge is 0.367 e. The zero-order valence-electron chi connectivity index (χ0n) is 12.4. The second-order valence-electron chi connectivity index (χ2n) is 5.38. The van der Waals surface area contributed by atoms with Crippen LogP contribution in [0.3, 0.4) is 0 Å². The van der Waals surface area contributed by atoms with E-state index in [1.807, 2.05) is 12.1 Å². The van der Waals surface area contributed by atoms with Crippen LogP contribution in [-0.4, -0.2) is 50.7 Å². The van der Waals surface area contributed by atoms with Gasteiger partial charge in [0, 0.05) is 26.2 Å². The molecule has 1 aliphatic rings. The predicted molar refractivity (Wildman–Crippen MR) is 82.8 cm³/mol. The number of piperazine rings is 1. The highest BCUT2D eigenvalue weighted by molar-refractivity contribution is 5.47. The topological polar surface area (TPSA) is 18.5 Å². The van der Waals surface area contributed by atoms with Crippen LogP contribution >= 0.6 is 0 Å². The molecule has 112 valence electrons. The minimum absolute atomic E-state index is 0.107. The molecule has 20 heavy (non-hydrogen) atoms. The first kappa shape index (κ1) is 15.3. The van der Waals surface area contributed by atoms with Gasteiger partial charge < -0.3 is 10.2 Å². The molecule has 3 nitrogen and oxygen atoms in total. The van der Waals surface area contributed by atoms with Crippen molar-refractivity contribution in [2.45, 2.75) is 19.8 Å². The molecule has 1 N–H and O–H groups in total. The molecule has 1 heterocycles. The molecule has 2 rings (SSSR count). The number of para-hydroxylation sites is 1. The van der Waals surface area contributed by atoms with Crippen molar-refractivity contribution < 1.29 is 4.39 Å². The molecular weight excluding hydrogens is 253 g/mol. The highest BCUT2D eigenvalue weighted by atomic mass is 19.1. The maximum Gasteiger partial charge on any atom is 0.146 e. The molecule has 0 radical (unpaired) electrons. The van der Waals surface area contributed by atoms with Crippen LogP contribution in [0.4, 0.5) is 10.1 Å². The molecule has 0 unspecified atom stereocenters. The van der Waals surface area contributed by atoms with Gasteiger partial charge in [0.25, 0.3) is 0 Å². The Labute approximate surface area is 121 Å². The summed E-state index contributed by atoms with van der Waals surface area (Å²) in [5, 5.41) is 3.43. The summed E-state index contributed by atoms with van der Waals surface area (Å²) in [6, 6.07) is 7.07. The normalized spacial score (nSPS) is 16.6. The molecular formula is C16H26FN3. The van der Waals surface area contributed by atoms with Gasteiger partial charge in [-0.05, 0) is 44.6 Å². The minimum atomic E-state index is -0.107. The predicted octanol–water partition coefficient (Wildman–Crippen LogP) is 2.34. The molecule has 4 heteroatoms. The highest BCUT2D eigenvalue weighted by Crippen LogP contribution is 2.19. The van der Waals surface area contributed by atoms with E-state index in [4.69, 9.17) is 0 Å². The standard InChI is InChI=1S/C16H26FN3/c1-2-8-18-9-5-10-19-11-13-20(14-12-19)16-7-4-3-6-15(16)17/h3-4,6-7,18H,2,5,8-14H2,1H3. The summed E-state index contributed by atoms with van der Waals surface area (Å²) in [5.74, 6) is -0.107. The van der Waals surface area contributed by atoms with Gasteiger partial charge in [0.15, 0.2) is 0 Å². The molecule has 0 spiro atoms.